The van der Waals surface area contributed by atoms with E-state index in [1.54, 1.807) is 54.0 Å². The molecule has 38 heavy (non-hydrogen) atoms. The summed E-state index contributed by atoms with van der Waals surface area (Å²) in [6.07, 6.45) is 4.57. The summed E-state index contributed by atoms with van der Waals surface area (Å²) >= 11 is 6.15. The summed E-state index contributed by atoms with van der Waals surface area (Å²) in [4.78, 5) is 26.1. The number of tetrazole rings is 1. The molecule has 1 atom stereocenters. The molecule has 0 fully saturated rings. The Bertz CT molecular complexity index is 1440. The number of carbonyl (C=O) groups excluding carboxylic acids is 2. The number of hydrogen-bond donors (Lipinski definition) is 5. The van der Waals surface area contributed by atoms with Crippen LogP contribution >= 0.6 is 11.6 Å². The van der Waals surface area contributed by atoms with E-state index in [2.05, 4.69) is 26.2 Å². The van der Waals surface area contributed by atoms with Gasteiger partial charge in [0.1, 0.15) is 18.2 Å². The van der Waals surface area contributed by atoms with E-state index in [9.17, 15) is 9.59 Å². The van der Waals surface area contributed by atoms with E-state index in [4.69, 9.17) is 22.2 Å². The fraction of sp³-hybridized carbons (Fsp3) is 0.0769. The molecule has 12 heteroatoms. The third-order valence-electron chi connectivity index (χ3n) is 5.47. The average molecular weight is 531 g/mol. The van der Waals surface area contributed by atoms with E-state index < -0.39 is 17.9 Å². The number of amides is 2. The number of nitrogens with zero attached hydrogens (tertiary/aromatic N) is 4. The highest BCUT2D eigenvalue weighted by Crippen LogP contribution is 2.20. The molecule has 1 aromatic heterocycles. The maximum Gasteiger partial charge on any atom is 0.247 e. The maximum atomic E-state index is 13.2. The molecule has 192 valence electrons. The van der Waals surface area contributed by atoms with E-state index in [0.717, 1.165) is 5.56 Å². The summed E-state index contributed by atoms with van der Waals surface area (Å²) in [6.45, 7) is 0. The minimum Gasteiger partial charge on any atom is -0.340 e. The lowest BCUT2D eigenvalue weighted by molar-refractivity contribution is -0.123. The number of halogens is 1. The number of hydroxylamine groups is 1. The highest BCUT2D eigenvalue weighted by Gasteiger charge is 2.21. The van der Waals surface area contributed by atoms with Crippen molar-refractivity contribution in [2.24, 2.45) is 0 Å². The largest absolute Gasteiger partial charge is 0.340 e. The minimum absolute atomic E-state index is 0.174. The molecule has 0 spiro atoms. The van der Waals surface area contributed by atoms with Crippen LogP contribution in [0.5, 0.6) is 0 Å². The van der Waals surface area contributed by atoms with Gasteiger partial charge in [-0.05, 0) is 64.5 Å². The number of aromatic nitrogens is 4. The van der Waals surface area contributed by atoms with Crippen LogP contribution in [-0.4, -0.2) is 49.1 Å². The second-order valence-corrected chi connectivity index (χ2v) is 8.53. The van der Waals surface area contributed by atoms with E-state index in [1.807, 2.05) is 30.3 Å². The first-order valence-corrected chi connectivity index (χ1v) is 11.8. The summed E-state index contributed by atoms with van der Waals surface area (Å²) in [5.41, 5.74) is 4.77. The van der Waals surface area contributed by atoms with Crippen LogP contribution in [0.1, 0.15) is 16.7 Å². The van der Waals surface area contributed by atoms with E-state index in [0.29, 0.717) is 27.5 Å². The van der Waals surface area contributed by atoms with E-state index in [-0.39, 0.29) is 12.3 Å². The third-order valence-corrected chi connectivity index (χ3v) is 5.70. The topological polar surface area (TPSA) is 158 Å². The Hall–Kier alpha value is -4.87. The summed E-state index contributed by atoms with van der Waals surface area (Å²) in [7, 11) is 0. The van der Waals surface area contributed by atoms with Gasteiger partial charge >= 0.3 is 0 Å². The van der Waals surface area contributed by atoms with Gasteiger partial charge in [0.2, 0.25) is 11.8 Å². The van der Waals surface area contributed by atoms with Gasteiger partial charge < -0.3 is 10.6 Å². The molecular formula is C26H23ClN8O3. The van der Waals surface area contributed by atoms with Crippen molar-refractivity contribution in [3.8, 4) is 5.69 Å². The molecule has 4 aromatic rings. The van der Waals surface area contributed by atoms with Gasteiger partial charge in [-0.2, -0.15) is 4.68 Å². The number of rotatable bonds is 9. The Morgan fingerprint density at radius 2 is 1.84 bits per heavy atom. The summed E-state index contributed by atoms with van der Waals surface area (Å²) < 4.78 is 1.45. The molecule has 3 aromatic carbocycles. The Morgan fingerprint density at radius 3 is 2.53 bits per heavy atom. The highest BCUT2D eigenvalue weighted by molar-refractivity contribution is 6.30. The molecule has 5 N–H and O–H groups in total. The van der Waals surface area contributed by atoms with E-state index in [1.165, 1.54) is 17.1 Å². The molecule has 0 aliphatic rings. The summed E-state index contributed by atoms with van der Waals surface area (Å²) in [5, 5.41) is 33.7. The van der Waals surface area contributed by atoms with Crippen molar-refractivity contribution in [2.75, 3.05) is 5.32 Å². The molecule has 4 rings (SSSR count). The van der Waals surface area contributed by atoms with Crippen molar-refractivity contribution in [1.82, 2.24) is 31.0 Å². The Balaban J connectivity index is 1.51. The zero-order valence-electron chi connectivity index (χ0n) is 19.9. The maximum absolute atomic E-state index is 13.2. The van der Waals surface area contributed by atoms with Gasteiger partial charge in [0.05, 0.1) is 5.69 Å². The van der Waals surface area contributed by atoms with Crippen molar-refractivity contribution in [1.29, 1.82) is 5.41 Å². The number of amidine groups is 1. The lowest BCUT2D eigenvalue weighted by atomic mass is 10.0. The van der Waals surface area contributed by atoms with Crippen LogP contribution in [0.25, 0.3) is 11.8 Å². The SMILES string of the molecule is N=C(NO)c1ccc(NC(=O)[C@H](Cc2ccccc2)NC(=O)/C=C/c2cc(Cl)ccc2-n2cnnn2)cc1. The molecule has 0 bridgehead atoms. The number of benzene rings is 3. The number of nitrogens with one attached hydrogen (secondary N) is 4. The fourth-order valence-corrected chi connectivity index (χ4v) is 3.78. The molecular weight excluding hydrogens is 508 g/mol. The Labute approximate surface area is 222 Å². The smallest absolute Gasteiger partial charge is 0.247 e. The predicted octanol–water partition coefficient (Wildman–Crippen LogP) is 3.00. The van der Waals surface area contributed by atoms with Crippen molar-refractivity contribution >= 4 is 41.0 Å². The molecule has 11 nitrogen and oxygen atoms in total. The van der Waals surface area contributed by atoms with Crippen LogP contribution in [0, 0.1) is 5.41 Å². The molecule has 2 amide bonds. The number of carbonyl (C=O) groups is 2. The predicted molar refractivity (Wildman–Crippen MR) is 142 cm³/mol. The van der Waals surface area contributed by atoms with Gasteiger partial charge in [0.25, 0.3) is 0 Å². The molecule has 0 saturated carbocycles. The minimum atomic E-state index is -0.884. The van der Waals surface area contributed by atoms with Crippen molar-refractivity contribution < 1.29 is 14.8 Å². The first kappa shape index (κ1) is 26.2. The van der Waals surface area contributed by atoms with Gasteiger partial charge in [-0.1, -0.05) is 41.9 Å². The first-order valence-electron chi connectivity index (χ1n) is 11.4. The van der Waals surface area contributed by atoms with Crippen LogP contribution in [0.15, 0.2) is 85.2 Å². The lowest BCUT2D eigenvalue weighted by Crippen LogP contribution is -2.44. The standard InChI is InChI=1S/C26H23ClN8O3/c27-20-9-12-23(35-16-29-33-34-35)19(15-20)8-13-24(36)31-22(14-17-4-2-1-3-5-17)26(37)30-21-10-6-18(7-11-21)25(28)32-38/h1-13,15-16,22,38H,14H2,(H2,28,32)(H,30,37)(H,31,36)/b13-8+/t22-/m0/s1. The van der Waals surface area contributed by atoms with Crippen LogP contribution in [0.3, 0.4) is 0 Å². The molecule has 0 unspecified atom stereocenters. The lowest BCUT2D eigenvalue weighted by Gasteiger charge is -2.18. The number of hydrogen-bond acceptors (Lipinski definition) is 7. The van der Waals surface area contributed by atoms with Crippen LogP contribution < -0.4 is 16.1 Å². The average Bonchev–Trinajstić information content (AvgIpc) is 3.47. The zero-order chi connectivity index (χ0) is 26.9. The van der Waals surface area contributed by atoms with Gasteiger partial charge in [-0.15, -0.1) is 5.10 Å². The summed E-state index contributed by atoms with van der Waals surface area (Å²) in [6, 6.07) is 19.9. The number of anilines is 1. The second kappa shape index (κ2) is 12.4. The molecule has 1 heterocycles. The van der Waals surface area contributed by atoms with Gasteiger partial charge in [-0.3, -0.25) is 25.7 Å². The van der Waals surface area contributed by atoms with Crippen molar-refractivity contribution in [3.63, 3.8) is 0 Å². The molecule has 0 aliphatic heterocycles. The van der Waals surface area contributed by atoms with E-state index >= 15 is 0 Å². The van der Waals surface area contributed by atoms with Crippen LogP contribution in [0.4, 0.5) is 5.69 Å². The molecule has 0 radical (unpaired) electrons. The van der Waals surface area contributed by atoms with Gasteiger partial charge in [0.15, 0.2) is 0 Å². The van der Waals surface area contributed by atoms with Crippen molar-refractivity contribution in [3.05, 3.63) is 107 Å². The normalized spacial score (nSPS) is 11.6. The fourth-order valence-electron chi connectivity index (χ4n) is 3.60. The van der Waals surface area contributed by atoms with Gasteiger partial charge in [0, 0.05) is 34.3 Å². The highest BCUT2D eigenvalue weighted by atomic mass is 35.5. The monoisotopic (exact) mass is 530 g/mol. The summed E-state index contributed by atoms with van der Waals surface area (Å²) in [5.74, 6) is -1.08. The third kappa shape index (κ3) is 6.87. The second-order valence-electron chi connectivity index (χ2n) is 8.10. The van der Waals surface area contributed by atoms with Crippen molar-refractivity contribution in [2.45, 2.75) is 12.5 Å². The first-order chi connectivity index (χ1) is 18.4. The quantitative estimate of drug-likeness (QED) is 0.0962. The van der Waals surface area contributed by atoms with Crippen LogP contribution in [-0.2, 0) is 16.0 Å². The zero-order valence-corrected chi connectivity index (χ0v) is 20.6. The van der Waals surface area contributed by atoms with Crippen LogP contribution in [0.2, 0.25) is 5.02 Å². The Kier molecular flexibility index (Phi) is 8.54. The molecule has 0 saturated heterocycles. The van der Waals surface area contributed by atoms with Gasteiger partial charge in [-0.25, -0.2) is 0 Å². The molecule has 0 aliphatic carbocycles. The Morgan fingerprint density at radius 1 is 1.08 bits per heavy atom.